The third-order valence-corrected chi connectivity index (χ3v) is 4.80. The number of para-hydroxylation sites is 1. The summed E-state index contributed by atoms with van der Waals surface area (Å²) in [5.74, 6) is 0.293. The van der Waals surface area contributed by atoms with E-state index in [1.54, 1.807) is 9.58 Å². The molecule has 2 amide bonds. The molecule has 0 bridgehead atoms. The maximum absolute atomic E-state index is 12.8. The molecule has 0 fully saturated rings. The van der Waals surface area contributed by atoms with Crippen LogP contribution in [0, 0.1) is 5.41 Å². The molecular weight excluding hydrogens is 388 g/mol. The number of nitrogens with zero attached hydrogens (tertiary/aromatic N) is 3. The Morgan fingerprint density at radius 1 is 1.00 bits per heavy atom. The fourth-order valence-corrected chi connectivity index (χ4v) is 3.28. The van der Waals surface area contributed by atoms with Crippen LogP contribution in [0.3, 0.4) is 0 Å². The predicted molar refractivity (Wildman–Crippen MR) is 124 cm³/mol. The van der Waals surface area contributed by atoms with E-state index >= 15 is 0 Å². The molecule has 162 valence electrons. The molecule has 6 heteroatoms. The second-order valence-corrected chi connectivity index (χ2v) is 8.72. The van der Waals surface area contributed by atoms with Gasteiger partial charge in [-0.1, -0.05) is 69.3 Å². The lowest BCUT2D eigenvalue weighted by molar-refractivity contribution is -0.136. The average molecular weight is 419 g/mol. The summed E-state index contributed by atoms with van der Waals surface area (Å²) in [6, 6.07) is 21.3. The van der Waals surface area contributed by atoms with E-state index in [0.29, 0.717) is 18.8 Å². The first-order valence-electron chi connectivity index (χ1n) is 10.6. The zero-order valence-electron chi connectivity index (χ0n) is 18.6. The van der Waals surface area contributed by atoms with Gasteiger partial charge < -0.3 is 10.2 Å². The number of carbonyl (C=O) groups is 2. The van der Waals surface area contributed by atoms with Gasteiger partial charge in [-0.15, -0.1) is 0 Å². The van der Waals surface area contributed by atoms with E-state index in [1.165, 1.54) is 0 Å². The zero-order valence-corrected chi connectivity index (χ0v) is 18.6. The van der Waals surface area contributed by atoms with Gasteiger partial charge in [0.15, 0.2) is 0 Å². The molecule has 0 atom stereocenters. The Hall–Kier alpha value is -3.41. The van der Waals surface area contributed by atoms with Crippen LogP contribution in [-0.4, -0.2) is 39.6 Å². The van der Waals surface area contributed by atoms with Crippen molar-refractivity contribution in [3.8, 4) is 16.9 Å². The van der Waals surface area contributed by atoms with E-state index < -0.39 is 0 Å². The van der Waals surface area contributed by atoms with Crippen LogP contribution in [0.1, 0.15) is 34.1 Å². The molecule has 1 heterocycles. The summed E-state index contributed by atoms with van der Waals surface area (Å²) in [7, 11) is 0. The van der Waals surface area contributed by atoms with E-state index in [9.17, 15) is 9.59 Å². The van der Waals surface area contributed by atoms with E-state index in [0.717, 1.165) is 16.9 Å². The molecule has 0 aliphatic heterocycles. The van der Waals surface area contributed by atoms with Gasteiger partial charge in [0, 0.05) is 24.6 Å². The standard InChI is InChI=1S/C25H30N4O2/c1-5-28(24(31)17-25(2,3)4)18-23(30)26-22-16-21(19-12-8-6-9-13-19)27-29(22)20-14-10-7-11-15-20/h6-16H,5,17-18H2,1-4H3,(H,26,30). The van der Waals surface area contributed by atoms with E-state index in [-0.39, 0.29) is 23.8 Å². The number of anilines is 1. The Bertz CT molecular complexity index is 1020. The molecule has 2 aromatic carbocycles. The first kappa shape index (κ1) is 22.3. The van der Waals surface area contributed by atoms with Crippen molar-refractivity contribution < 1.29 is 9.59 Å². The lowest BCUT2D eigenvalue weighted by atomic mass is 9.91. The molecular formula is C25H30N4O2. The highest BCUT2D eigenvalue weighted by atomic mass is 16.2. The highest BCUT2D eigenvalue weighted by Gasteiger charge is 2.22. The third-order valence-electron chi connectivity index (χ3n) is 4.80. The normalized spacial score (nSPS) is 11.2. The highest BCUT2D eigenvalue weighted by Crippen LogP contribution is 2.25. The van der Waals surface area contributed by atoms with Crippen molar-refractivity contribution in [3.63, 3.8) is 0 Å². The molecule has 0 radical (unpaired) electrons. The molecule has 3 rings (SSSR count). The summed E-state index contributed by atoms with van der Waals surface area (Å²) in [5, 5.41) is 7.66. The second kappa shape index (κ2) is 9.60. The summed E-state index contributed by atoms with van der Waals surface area (Å²) in [6.45, 7) is 8.42. The maximum atomic E-state index is 12.8. The van der Waals surface area contributed by atoms with Crippen LogP contribution in [0.25, 0.3) is 16.9 Å². The second-order valence-electron chi connectivity index (χ2n) is 8.72. The number of likely N-dealkylation sites (N-methyl/N-ethyl adjacent to an activating group) is 1. The van der Waals surface area contributed by atoms with Crippen LogP contribution in [0.15, 0.2) is 66.7 Å². The highest BCUT2D eigenvalue weighted by molar-refractivity contribution is 5.94. The van der Waals surface area contributed by atoms with Crippen molar-refractivity contribution in [2.75, 3.05) is 18.4 Å². The Kier molecular flexibility index (Phi) is 6.90. The molecule has 0 unspecified atom stereocenters. The van der Waals surface area contributed by atoms with Gasteiger partial charge >= 0.3 is 0 Å². The monoisotopic (exact) mass is 418 g/mol. The van der Waals surface area contributed by atoms with Crippen LogP contribution in [0.2, 0.25) is 0 Å². The first-order chi connectivity index (χ1) is 14.8. The van der Waals surface area contributed by atoms with E-state index in [2.05, 4.69) is 5.32 Å². The van der Waals surface area contributed by atoms with Gasteiger partial charge in [-0.25, -0.2) is 4.68 Å². The largest absolute Gasteiger partial charge is 0.334 e. The number of benzene rings is 2. The van der Waals surface area contributed by atoms with E-state index in [4.69, 9.17) is 5.10 Å². The average Bonchev–Trinajstić information content (AvgIpc) is 3.15. The molecule has 1 N–H and O–H groups in total. The fourth-order valence-electron chi connectivity index (χ4n) is 3.28. The maximum Gasteiger partial charge on any atom is 0.245 e. The minimum Gasteiger partial charge on any atom is -0.334 e. The Morgan fingerprint density at radius 3 is 2.19 bits per heavy atom. The summed E-state index contributed by atoms with van der Waals surface area (Å²) < 4.78 is 1.72. The SMILES string of the molecule is CCN(CC(=O)Nc1cc(-c2ccccc2)nn1-c1ccccc1)C(=O)CC(C)(C)C. The van der Waals surface area contributed by atoms with Crippen LogP contribution in [0.5, 0.6) is 0 Å². The van der Waals surface area contributed by atoms with Gasteiger partial charge in [-0.05, 0) is 24.5 Å². The number of nitrogens with one attached hydrogen (secondary N) is 1. The Morgan fingerprint density at radius 2 is 1.61 bits per heavy atom. The quantitative estimate of drug-likeness (QED) is 0.601. The molecule has 3 aromatic rings. The minimum absolute atomic E-state index is 0.00601. The van der Waals surface area contributed by atoms with Crippen molar-refractivity contribution in [2.24, 2.45) is 5.41 Å². The van der Waals surface area contributed by atoms with Crippen LogP contribution in [-0.2, 0) is 9.59 Å². The van der Waals surface area contributed by atoms with Crippen molar-refractivity contribution >= 4 is 17.6 Å². The van der Waals surface area contributed by atoms with Crippen molar-refractivity contribution in [1.29, 1.82) is 0 Å². The first-order valence-corrected chi connectivity index (χ1v) is 10.6. The molecule has 1 aromatic heterocycles. The van der Waals surface area contributed by atoms with Crippen LogP contribution in [0.4, 0.5) is 5.82 Å². The zero-order chi connectivity index (χ0) is 22.4. The van der Waals surface area contributed by atoms with Crippen LogP contribution < -0.4 is 5.32 Å². The molecule has 6 nitrogen and oxygen atoms in total. The summed E-state index contributed by atoms with van der Waals surface area (Å²) in [5.41, 5.74) is 2.44. The Balaban J connectivity index is 1.83. The Labute approximate surface area is 183 Å². The number of rotatable bonds is 7. The van der Waals surface area contributed by atoms with Gasteiger partial charge in [0.2, 0.25) is 11.8 Å². The van der Waals surface area contributed by atoms with Crippen molar-refractivity contribution in [3.05, 3.63) is 66.7 Å². The molecule has 0 spiro atoms. The molecule has 0 saturated carbocycles. The summed E-state index contributed by atoms with van der Waals surface area (Å²) >= 11 is 0. The minimum atomic E-state index is -0.249. The lowest BCUT2D eigenvalue weighted by Crippen LogP contribution is -2.39. The molecule has 0 aliphatic carbocycles. The number of hydrogen-bond donors (Lipinski definition) is 1. The van der Waals surface area contributed by atoms with Crippen molar-refractivity contribution in [2.45, 2.75) is 34.1 Å². The fraction of sp³-hybridized carbons (Fsp3) is 0.320. The van der Waals surface area contributed by atoms with Crippen molar-refractivity contribution in [1.82, 2.24) is 14.7 Å². The van der Waals surface area contributed by atoms with Gasteiger partial charge in [0.1, 0.15) is 5.82 Å². The van der Waals surface area contributed by atoms with Crippen LogP contribution >= 0.6 is 0 Å². The molecule has 31 heavy (non-hydrogen) atoms. The summed E-state index contributed by atoms with van der Waals surface area (Å²) in [6.07, 6.45) is 0.397. The number of amides is 2. The predicted octanol–water partition coefficient (Wildman–Crippen LogP) is 4.76. The number of carbonyl (C=O) groups excluding carboxylic acids is 2. The lowest BCUT2D eigenvalue weighted by Gasteiger charge is -2.25. The number of hydrogen-bond acceptors (Lipinski definition) is 3. The number of aromatic nitrogens is 2. The van der Waals surface area contributed by atoms with Gasteiger partial charge in [-0.2, -0.15) is 5.10 Å². The smallest absolute Gasteiger partial charge is 0.245 e. The van der Waals surface area contributed by atoms with Gasteiger partial charge in [-0.3, -0.25) is 9.59 Å². The van der Waals surface area contributed by atoms with E-state index in [1.807, 2.05) is 94.4 Å². The third kappa shape index (κ3) is 6.04. The molecule has 0 aliphatic rings. The van der Waals surface area contributed by atoms with Gasteiger partial charge in [0.25, 0.3) is 0 Å². The summed E-state index contributed by atoms with van der Waals surface area (Å²) in [4.78, 5) is 27.0. The molecule has 0 saturated heterocycles. The topological polar surface area (TPSA) is 67.2 Å². The van der Waals surface area contributed by atoms with Gasteiger partial charge in [0.05, 0.1) is 17.9 Å².